The Bertz CT molecular complexity index is 447. The number of benzene rings is 1. The topological polar surface area (TPSA) is 0 Å². The molecule has 1 aromatic carbocycles. The highest BCUT2D eigenvalue weighted by Gasteiger charge is 2.26. The van der Waals surface area contributed by atoms with E-state index >= 15 is 0 Å². The maximum absolute atomic E-state index is 2.36. The first-order chi connectivity index (χ1) is 10.0. The predicted molar refractivity (Wildman–Crippen MR) is 94.4 cm³/mol. The van der Waals surface area contributed by atoms with Crippen LogP contribution < -0.4 is 0 Å². The Labute approximate surface area is 132 Å². The standard InChI is InChI=1S/C20H34N/c1-6-9-14-21(13-7-2,16-18(4)8-3)17-20-12-10-11-19(5)15-20/h8,10-12,15H,6-7,9,13-14,16-17H2,1-5H3/q+1/b18-8+. The lowest BCUT2D eigenvalue weighted by Gasteiger charge is -2.39. The summed E-state index contributed by atoms with van der Waals surface area (Å²) in [4.78, 5) is 0. The van der Waals surface area contributed by atoms with E-state index in [1.165, 1.54) is 66.6 Å². The highest BCUT2D eigenvalue weighted by Crippen LogP contribution is 2.20. The van der Waals surface area contributed by atoms with Gasteiger partial charge in [-0.25, -0.2) is 0 Å². The molecule has 1 aromatic rings. The van der Waals surface area contributed by atoms with Gasteiger partial charge in [-0.05, 0) is 39.2 Å². The fourth-order valence-corrected chi connectivity index (χ4v) is 3.27. The molecule has 1 heteroatoms. The summed E-state index contributed by atoms with van der Waals surface area (Å²) in [7, 11) is 0. The fraction of sp³-hybridized carbons (Fsp3) is 0.600. The summed E-state index contributed by atoms with van der Waals surface area (Å²) < 4.78 is 1.21. The second kappa shape index (κ2) is 9.04. The van der Waals surface area contributed by atoms with Crippen LogP contribution in [-0.4, -0.2) is 24.1 Å². The van der Waals surface area contributed by atoms with Crippen molar-refractivity contribution in [3.8, 4) is 0 Å². The van der Waals surface area contributed by atoms with E-state index < -0.39 is 0 Å². The minimum Gasteiger partial charge on any atom is -0.316 e. The summed E-state index contributed by atoms with van der Waals surface area (Å²) in [6.45, 7) is 16.2. The zero-order valence-corrected chi connectivity index (χ0v) is 14.8. The van der Waals surface area contributed by atoms with Crippen LogP contribution in [0.15, 0.2) is 35.9 Å². The molecule has 1 unspecified atom stereocenters. The second-order valence-corrected chi connectivity index (χ2v) is 6.58. The Hall–Kier alpha value is -1.08. The van der Waals surface area contributed by atoms with Crippen molar-refractivity contribution in [3.05, 3.63) is 47.0 Å². The molecule has 0 saturated heterocycles. The van der Waals surface area contributed by atoms with Gasteiger partial charge in [0.1, 0.15) is 13.1 Å². The molecule has 0 aliphatic carbocycles. The molecule has 0 spiro atoms. The van der Waals surface area contributed by atoms with Crippen LogP contribution >= 0.6 is 0 Å². The number of aryl methyl sites for hydroxylation is 1. The van der Waals surface area contributed by atoms with Gasteiger partial charge in [0.15, 0.2) is 0 Å². The van der Waals surface area contributed by atoms with Gasteiger partial charge >= 0.3 is 0 Å². The molecule has 0 amide bonds. The van der Waals surface area contributed by atoms with Crippen LogP contribution in [0.3, 0.4) is 0 Å². The van der Waals surface area contributed by atoms with Gasteiger partial charge in [-0.15, -0.1) is 0 Å². The number of unbranched alkanes of at least 4 members (excludes halogenated alkanes) is 1. The minimum absolute atomic E-state index is 1.17. The molecule has 0 aliphatic heterocycles. The SMILES string of the molecule is C/C=C(\C)C[N+](CCC)(CCCC)Cc1cccc(C)c1. The number of rotatable bonds is 9. The maximum Gasteiger partial charge on any atom is 0.105 e. The molecule has 0 radical (unpaired) electrons. The first-order valence-corrected chi connectivity index (χ1v) is 8.57. The number of nitrogens with zero attached hydrogens (tertiary/aromatic N) is 1. The lowest BCUT2D eigenvalue weighted by molar-refractivity contribution is -0.937. The monoisotopic (exact) mass is 288 g/mol. The normalized spacial score (nSPS) is 15.0. The van der Waals surface area contributed by atoms with E-state index in [9.17, 15) is 0 Å². The highest BCUT2D eigenvalue weighted by atomic mass is 15.3. The van der Waals surface area contributed by atoms with Crippen molar-refractivity contribution in [1.29, 1.82) is 0 Å². The van der Waals surface area contributed by atoms with Crippen molar-refractivity contribution < 1.29 is 4.48 Å². The largest absolute Gasteiger partial charge is 0.316 e. The third-order valence-electron chi connectivity index (χ3n) is 4.36. The van der Waals surface area contributed by atoms with E-state index in [0.717, 1.165) is 0 Å². The second-order valence-electron chi connectivity index (χ2n) is 6.58. The van der Waals surface area contributed by atoms with E-state index in [2.05, 4.69) is 65.0 Å². The van der Waals surface area contributed by atoms with Crippen LogP contribution in [0.25, 0.3) is 0 Å². The number of hydrogen-bond donors (Lipinski definition) is 0. The van der Waals surface area contributed by atoms with Gasteiger partial charge in [-0.1, -0.05) is 56.2 Å². The molecular formula is C20H34N+. The Morgan fingerprint density at radius 2 is 1.90 bits per heavy atom. The van der Waals surface area contributed by atoms with Gasteiger partial charge in [-0.2, -0.15) is 0 Å². The fourth-order valence-electron chi connectivity index (χ4n) is 3.27. The van der Waals surface area contributed by atoms with Gasteiger partial charge in [0.25, 0.3) is 0 Å². The van der Waals surface area contributed by atoms with E-state index in [-0.39, 0.29) is 0 Å². The van der Waals surface area contributed by atoms with Crippen LogP contribution in [0.2, 0.25) is 0 Å². The predicted octanol–water partition coefficient (Wildman–Crippen LogP) is 5.49. The van der Waals surface area contributed by atoms with E-state index in [1.807, 2.05) is 0 Å². The Kier molecular flexibility index (Phi) is 7.74. The van der Waals surface area contributed by atoms with Crippen molar-refractivity contribution in [2.75, 3.05) is 19.6 Å². The molecule has 21 heavy (non-hydrogen) atoms. The quantitative estimate of drug-likeness (QED) is 0.416. The average molecular weight is 288 g/mol. The van der Waals surface area contributed by atoms with Gasteiger partial charge in [0.2, 0.25) is 0 Å². The molecular weight excluding hydrogens is 254 g/mol. The van der Waals surface area contributed by atoms with Crippen LogP contribution in [0, 0.1) is 6.92 Å². The molecule has 1 atom stereocenters. The van der Waals surface area contributed by atoms with Gasteiger partial charge in [0.05, 0.1) is 13.1 Å². The lowest BCUT2D eigenvalue weighted by atomic mass is 10.1. The van der Waals surface area contributed by atoms with E-state index in [0.29, 0.717) is 0 Å². The van der Waals surface area contributed by atoms with Crippen molar-refractivity contribution in [2.45, 2.75) is 60.4 Å². The molecule has 0 bridgehead atoms. The first kappa shape index (κ1) is 18.0. The Morgan fingerprint density at radius 3 is 2.48 bits per heavy atom. The van der Waals surface area contributed by atoms with Crippen LogP contribution in [0.5, 0.6) is 0 Å². The number of allylic oxidation sites excluding steroid dienone is 1. The average Bonchev–Trinajstić information content (AvgIpc) is 2.45. The van der Waals surface area contributed by atoms with Crippen LogP contribution in [-0.2, 0) is 6.54 Å². The van der Waals surface area contributed by atoms with E-state index in [1.54, 1.807) is 0 Å². The zero-order chi connectivity index (χ0) is 15.7. The molecule has 0 fully saturated rings. The number of quaternary nitrogens is 1. The minimum atomic E-state index is 1.17. The summed E-state index contributed by atoms with van der Waals surface area (Å²) in [5.41, 5.74) is 4.39. The summed E-state index contributed by atoms with van der Waals surface area (Å²) in [5, 5.41) is 0. The summed E-state index contributed by atoms with van der Waals surface area (Å²) in [6, 6.07) is 9.06. The summed E-state index contributed by atoms with van der Waals surface area (Å²) >= 11 is 0. The molecule has 118 valence electrons. The van der Waals surface area contributed by atoms with Crippen molar-refractivity contribution >= 4 is 0 Å². The lowest BCUT2D eigenvalue weighted by Crippen LogP contribution is -2.49. The maximum atomic E-state index is 2.36. The van der Waals surface area contributed by atoms with Crippen LogP contribution in [0.1, 0.15) is 58.1 Å². The van der Waals surface area contributed by atoms with Crippen molar-refractivity contribution in [1.82, 2.24) is 0 Å². The Morgan fingerprint density at radius 1 is 1.14 bits per heavy atom. The van der Waals surface area contributed by atoms with Gasteiger partial charge in [-0.3, -0.25) is 0 Å². The van der Waals surface area contributed by atoms with Gasteiger partial charge < -0.3 is 4.48 Å². The third kappa shape index (κ3) is 6.05. The molecule has 0 heterocycles. The molecule has 1 nitrogen and oxygen atoms in total. The Balaban J connectivity index is 3.01. The van der Waals surface area contributed by atoms with Crippen molar-refractivity contribution in [2.24, 2.45) is 0 Å². The van der Waals surface area contributed by atoms with Gasteiger partial charge in [0, 0.05) is 5.56 Å². The first-order valence-electron chi connectivity index (χ1n) is 8.57. The molecule has 0 aromatic heterocycles. The zero-order valence-electron chi connectivity index (χ0n) is 14.8. The number of hydrogen-bond acceptors (Lipinski definition) is 0. The van der Waals surface area contributed by atoms with E-state index in [4.69, 9.17) is 0 Å². The third-order valence-corrected chi connectivity index (χ3v) is 4.36. The molecule has 0 N–H and O–H groups in total. The summed E-state index contributed by atoms with van der Waals surface area (Å²) in [6.07, 6.45) is 6.15. The molecule has 0 saturated carbocycles. The molecule has 1 rings (SSSR count). The summed E-state index contributed by atoms with van der Waals surface area (Å²) in [5.74, 6) is 0. The molecule has 0 aliphatic rings. The van der Waals surface area contributed by atoms with Crippen molar-refractivity contribution in [3.63, 3.8) is 0 Å². The van der Waals surface area contributed by atoms with Crippen LogP contribution in [0.4, 0.5) is 0 Å². The smallest absolute Gasteiger partial charge is 0.105 e. The highest BCUT2D eigenvalue weighted by molar-refractivity contribution is 5.21.